The van der Waals surface area contributed by atoms with Crippen LogP contribution in [0.15, 0.2) is 33.7 Å². The quantitative estimate of drug-likeness (QED) is 0.854. The molecular formula is C15H16N2O2S2. The molecule has 21 heavy (non-hydrogen) atoms. The normalized spacial score (nSPS) is 15.8. The lowest BCUT2D eigenvalue weighted by atomic mass is 10.3. The minimum Gasteiger partial charge on any atom is -0.337 e. The third-order valence-electron chi connectivity index (χ3n) is 3.61. The molecule has 110 valence electrons. The van der Waals surface area contributed by atoms with Crippen LogP contribution in [0.1, 0.15) is 27.1 Å². The lowest BCUT2D eigenvalue weighted by Crippen LogP contribution is -2.37. The SMILES string of the molecule is O=C(c1ccsc1)N1CCCN(C(=O)c2ccsc2)CC1. The van der Waals surface area contributed by atoms with Gasteiger partial charge in [0.25, 0.3) is 11.8 Å². The largest absolute Gasteiger partial charge is 0.337 e. The zero-order chi connectivity index (χ0) is 14.7. The summed E-state index contributed by atoms with van der Waals surface area (Å²) in [5.41, 5.74) is 1.50. The van der Waals surface area contributed by atoms with Gasteiger partial charge in [0, 0.05) is 36.9 Å². The number of nitrogens with zero attached hydrogens (tertiary/aromatic N) is 2. The van der Waals surface area contributed by atoms with Gasteiger partial charge in [0.05, 0.1) is 11.1 Å². The summed E-state index contributed by atoms with van der Waals surface area (Å²) in [5, 5.41) is 7.58. The van der Waals surface area contributed by atoms with E-state index in [1.165, 1.54) is 22.7 Å². The Morgan fingerprint density at radius 2 is 1.29 bits per heavy atom. The van der Waals surface area contributed by atoms with Gasteiger partial charge in [-0.05, 0) is 29.3 Å². The summed E-state index contributed by atoms with van der Waals surface area (Å²) < 4.78 is 0. The predicted molar refractivity (Wildman–Crippen MR) is 85.1 cm³/mol. The Hall–Kier alpha value is -1.66. The Morgan fingerprint density at radius 1 is 0.810 bits per heavy atom. The molecule has 1 aliphatic heterocycles. The van der Waals surface area contributed by atoms with Gasteiger partial charge in [-0.1, -0.05) is 0 Å². The maximum absolute atomic E-state index is 12.3. The van der Waals surface area contributed by atoms with Crippen LogP contribution in [0.4, 0.5) is 0 Å². The fourth-order valence-corrected chi connectivity index (χ4v) is 3.72. The van der Waals surface area contributed by atoms with E-state index >= 15 is 0 Å². The highest BCUT2D eigenvalue weighted by Crippen LogP contribution is 2.15. The van der Waals surface area contributed by atoms with Gasteiger partial charge in [-0.3, -0.25) is 9.59 Å². The first-order valence-corrected chi connectivity index (χ1v) is 8.77. The predicted octanol–water partition coefficient (Wildman–Crippen LogP) is 2.80. The van der Waals surface area contributed by atoms with Crippen LogP contribution in [0.25, 0.3) is 0 Å². The van der Waals surface area contributed by atoms with E-state index < -0.39 is 0 Å². The number of hydrogen-bond acceptors (Lipinski definition) is 4. The van der Waals surface area contributed by atoms with Crippen molar-refractivity contribution in [3.8, 4) is 0 Å². The second-order valence-electron chi connectivity index (χ2n) is 4.96. The Kier molecular flexibility index (Phi) is 4.36. The van der Waals surface area contributed by atoms with E-state index in [4.69, 9.17) is 0 Å². The van der Waals surface area contributed by atoms with Crippen molar-refractivity contribution < 1.29 is 9.59 Å². The maximum Gasteiger partial charge on any atom is 0.254 e. The van der Waals surface area contributed by atoms with Crippen LogP contribution >= 0.6 is 22.7 Å². The molecule has 0 saturated carbocycles. The molecule has 0 spiro atoms. The minimum atomic E-state index is 0.0704. The van der Waals surface area contributed by atoms with Crippen LogP contribution < -0.4 is 0 Å². The molecule has 6 heteroatoms. The molecule has 0 bridgehead atoms. The van der Waals surface area contributed by atoms with E-state index in [0.29, 0.717) is 26.2 Å². The first-order chi connectivity index (χ1) is 10.3. The van der Waals surface area contributed by atoms with E-state index in [0.717, 1.165) is 17.5 Å². The third kappa shape index (κ3) is 3.16. The van der Waals surface area contributed by atoms with Crippen LogP contribution in [-0.4, -0.2) is 47.8 Å². The highest BCUT2D eigenvalue weighted by molar-refractivity contribution is 7.08. The molecule has 1 fully saturated rings. The molecule has 0 aromatic carbocycles. The van der Waals surface area contributed by atoms with Crippen molar-refractivity contribution in [2.45, 2.75) is 6.42 Å². The molecule has 0 atom stereocenters. The van der Waals surface area contributed by atoms with E-state index in [-0.39, 0.29) is 11.8 Å². The summed E-state index contributed by atoms with van der Waals surface area (Å²) in [6, 6.07) is 3.71. The molecule has 2 aromatic rings. The number of amides is 2. The van der Waals surface area contributed by atoms with Gasteiger partial charge in [-0.25, -0.2) is 0 Å². The van der Waals surface area contributed by atoms with Crippen molar-refractivity contribution in [1.29, 1.82) is 0 Å². The molecular weight excluding hydrogens is 304 g/mol. The van der Waals surface area contributed by atoms with Crippen molar-refractivity contribution in [1.82, 2.24) is 9.80 Å². The summed E-state index contributed by atoms with van der Waals surface area (Å²) in [4.78, 5) is 28.4. The summed E-state index contributed by atoms with van der Waals surface area (Å²) in [6.07, 6.45) is 0.825. The molecule has 0 radical (unpaired) electrons. The van der Waals surface area contributed by atoms with Crippen LogP contribution in [-0.2, 0) is 0 Å². The first-order valence-electron chi connectivity index (χ1n) is 6.88. The number of carbonyl (C=O) groups excluding carboxylic acids is 2. The minimum absolute atomic E-state index is 0.0704. The molecule has 4 nitrogen and oxygen atoms in total. The van der Waals surface area contributed by atoms with Crippen molar-refractivity contribution in [3.63, 3.8) is 0 Å². The molecule has 3 heterocycles. The fraction of sp³-hybridized carbons (Fsp3) is 0.333. The van der Waals surface area contributed by atoms with Crippen LogP contribution in [0.3, 0.4) is 0 Å². The number of rotatable bonds is 2. The van der Waals surface area contributed by atoms with Gasteiger partial charge in [0.2, 0.25) is 0 Å². The zero-order valence-electron chi connectivity index (χ0n) is 11.5. The maximum atomic E-state index is 12.3. The molecule has 0 unspecified atom stereocenters. The molecule has 2 amide bonds. The second kappa shape index (κ2) is 6.41. The number of carbonyl (C=O) groups is 2. The second-order valence-corrected chi connectivity index (χ2v) is 6.52. The highest BCUT2D eigenvalue weighted by atomic mass is 32.1. The van der Waals surface area contributed by atoms with Crippen molar-refractivity contribution in [2.24, 2.45) is 0 Å². The van der Waals surface area contributed by atoms with Gasteiger partial charge in [0.15, 0.2) is 0 Å². The Morgan fingerprint density at radius 3 is 1.67 bits per heavy atom. The summed E-state index contributed by atoms with van der Waals surface area (Å²) in [7, 11) is 0. The molecule has 1 saturated heterocycles. The summed E-state index contributed by atoms with van der Waals surface area (Å²) in [6.45, 7) is 2.62. The first kappa shape index (κ1) is 14.3. The topological polar surface area (TPSA) is 40.6 Å². The van der Waals surface area contributed by atoms with E-state index in [9.17, 15) is 9.59 Å². The monoisotopic (exact) mass is 320 g/mol. The number of hydrogen-bond donors (Lipinski definition) is 0. The van der Waals surface area contributed by atoms with Crippen LogP contribution in [0, 0.1) is 0 Å². The summed E-state index contributed by atoms with van der Waals surface area (Å²) >= 11 is 3.06. The smallest absolute Gasteiger partial charge is 0.254 e. The van der Waals surface area contributed by atoms with E-state index in [1.807, 2.05) is 43.5 Å². The Balaban J connectivity index is 1.64. The molecule has 1 aliphatic rings. The van der Waals surface area contributed by atoms with Crippen molar-refractivity contribution in [2.75, 3.05) is 26.2 Å². The van der Waals surface area contributed by atoms with Gasteiger partial charge >= 0.3 is 0 Å². The van der Waals surface area contributed by atoms with Crippen molar-refractivity contribution in [3.05, 3.63) is 44.8 Å². The summed E-state index contributed by atoms with van der Waals surface area (Å²) in [5.74, 6) is 0.141. The fourth-order valence-electron chi connectivity index (χ4n) is 2.46. The average molecular weight is 320 g/mol. The standard InChI is InChI=1S/C15H16N2O2S2/c18-14(12-2-8-20-10-12)16-4-1-5-17(7-6-16)15(19)13-3-9-21-11-13/h2-3,8-11H,1,4-7H2. The van der Waals surface area contributed by atoms with Gasteiger partial charge in [-0.15, -0.1) is 0 Å². The molecule has 0 aliphatic carbocycles. The van der Waals surface area contributed by atoms with Crippen LogP contribution in [0.5, 0.6) is 0 Å². The molecule has 0 N–H and O–H groups in total. The van der Waals surface area contributed by atoms with E-state index in [1.54, 1.807) is 0 Å². The lowest BCUT2D eigenvalue weighted by Gasteiger charge is -2.21. The van der Waals surface area contributed by atoms with Gasteiger partial charge in [0.1, 0.15) is 0 Å². The third-order valence-corrected chi connectivity index (χ3v) is 4.97. The van der Waals surface area contributed by atoms with Crippen molar-refractivity contribution >= 4 is 34.5 Å². The number of thiophene rings is 2. The van der Waals surface area contributed by atoms with Gasteiger partial charge < -0.3 is 9.80 Å². The van der Waals surface area contributed by atoms with Crippen LogP contribution in [0.2, 0.25) is 0 Å². The van der Waals surface area contributed by atoms with Gasteiger partial charge in [-0.2, -0.15) is 22.7 Å². The highest BCUT2D eigenvalue weighted by Gasteiger charge is 2.23. The molecule has 2 aromatic heterocycles. The average Bonchev–Trinajstić information content (AvgIpc) is 3.15. The van der Waals surface area contributed by atoms with E-state index in [2.05, 4.69) is 0 Å². The lowest BCUT2D eigenvalue weighted by molar-refractivity contribution is 0.0719. The molecule has 3 rings (SSSR count). The Bertz CT molecular complexity index is 553. The Labute approximate surface area is 131 Å². The zero-order valence-corrected chi connectivity index (χ0v) is 13.2.